The first kappa shape index (κ1) is 15.8. The number of carbonyl (C=O) groups excluding carboxylic acids is 1. The minimum Gasteiger partial charge on any atom is -0.489 e. The number of hydrogen-bond acceptors (Lipinski definition) is 7. The maximum atomic E-state index is 12.3. The molecular weight excluding hydrogens is 312 g/mol. The summed E-state index contributed by atoms with van der Waals surface area (Å²) < 4.78 is 21.1. The van der Waals surface area contributed by atoms with Gasteiger partial charge in [-0.3, -0.25) is 0 Å². The summed E-state index contributed by atoms with van der Waals surface area (Å²) in [6.07, 6.45) is 0.744. The van der Waals surface area contributed by atoms with E-state index < -0.39 is 12.1 Å². The summed E-state index contributed by atoms with van der Waals surface area (Å²) in [5.74, 6) is 0.883. The second-order valence-corrected chi connectivity index (χ2v) is 5.10. The Morgan fingerprint density at radius 1 is 1.25 bits per heavy atom. The lowest BCUT2D eigenvalue weighted by Gasteiger charge is -2.09. The molecular formula is C17H16N2O5. The molecule has 3 aromatic rings. The largest absolute Gasteiger partial charge is 0.489 e. The summed E-state index contributed by atoms with van der Waals surface area (Å²) in [6, 6.07) is 11.0. The first-order valence-electron chi connectivity index (χ1n) is 7.39. The van der Waals surface area contributed by atoms with Crippen molar-refractivity contribution >= 4 is 5.97 Å². The number of aryl methyl sites for hydroxylation is 1. The van der Waals surface area contributed by atoms with Crippen molar-refractivity contribution in [2.75, 3.05) is 0 Å². The van der Waals surface area contributed by atoms with Crippen LogP contribution < -0.4 is 4.74 Å². The third kappa shape index (κ3) is 3.62. The molecule has 0 spiro atoms. The molecule has 2 aromatic heterocycles. The molecule has 24 heavy (non-hydrogen) atoms. The highest BCUT2D eigenvalue weighted by Crippen LogP contribution is 2.20. The van der Waals surface area contributed by atoms with E-state index in [0.29, 0.717) is 17.1 Å². The van der Waals surface area contributed by atoms with Gasteiger partial charge in [-0.1, -0.05) is 23.4 Å². The summed E-state index contributed by atoms with van der Waals surface area (Å²) in [5, 5.41) is 3.67. The van der Waals surface area contributed by atoms with Crippen LogP contribution in [-0.4, -0.2) is 16.1 Å². The average Bonchev–Trinajstić information content (AvgIpc) is 3.22. The molecule has 0 saturated heterocycles. The van der Waals surface area contributed by atoms with Gasteiger partial charge in [-0.2, -0.15) is 4.98 Å². The van der Waals surface area contributed by atoms with Crippen molar-refractivity contribution in [2.45, 2.75) is 26.6 Å². The number of esters is 1. The molecule has 0 N–H and O–H groups in total. The average molecular weight is 328 g/mol. The Morgan fingerprint density at radius 3 is 2.75 bits per heavy atom. The SMILES string of the molecule is Cc1noc(C(C)OC(=O)c2occc2COc2ccccc2)n1. The number of aromatic nitrogens is 2. The monoisotopic (exact) mass is 328 g/mol. The number of rotatable bonds is 6. The molecule has 1 aromatic carbocycles. The van der Waals surface area contributed by atoms with Crippen LogP contribution >= 0.6 is 0 Å². The summed E-state index contributed by atoms with van der Waals surface area (Å²) in [7, 11) is 0. The number of carbonyl (C=O) groups is 1. The van der Waals surface area contributed by atoms with Crippen LogP contribution in [0.1, 0.15) is 40.9 Å². The van der Waals surface area contributed by atoms with E-state index in [0.717, 1.165) is 0 Å². The van der Waals surface area contributed by atoms with E-state index in [9.17, 15) is 4.79 Å². The molecule has 0 radical (unpaired) electrons. The zero-order valence-corrected chi connectivity index (χ0v) is 13.3. The lowest BCUT2D eigenvalue weighted by molar-refractivity contribution is 0.0227. The van der Waals surface area contributed by atoms with Crippen LogP contribution in [0.2, 0.25) is 0 Å². The van der Waals surface area contributed by atoms with Crippen molar-refractivity contribution in [3.8, 4) is 5.75 Å². The highest BCUT2D eigenvalue weighted by molar-refractivity contribution is 5.88. The summed E-state index contributed by atoms with van der Waals surface area (Å²) in [6.45, 7) is 3.53. The van der Waals surface area contributed by atoms with Gasteiger partial charge < -0.3 is 18.4 Å². The quantitative estimate of drug-likeness (QED) is 0.640. The Hall–Kier alpha value is -3.09. The van der Waals surface area contributed by atoms with Gasteiger partial charge in [0.15, 0.2) is 11.9 Å². The summed E-state index contributed by atoms with van der Waals surface area (Å²) in [4.78, 5) is 16.3. The molecule has 1 atom stereocenters. The minimum atomic E-state index is -0.674. The summed E-state index contributed by atoms with van der Waals surface area (Å²) >= 11 is 0. The molecule has 0 bridgehead atoms. The molecule has 1 unspecified atom stereocenters. The smallest absolute Gasteiger partial charge is 0.375 e. The molecule has 0 saturated carbocycles. The van der Waals surface area contributed by atoms with Crippen LogP contribution in [0.15, 0.2) is 51.6 Å². The first-order valence-corrected chi connectivity index (χ1v) is 7.39. The third-order valence-electron chi connectivity index (χ3n) is 3.24. The number of benzene rings is 1. The van der Waals surface area contributed by atoms with Crippen LogP contribution in [0.4, 0.5) is 0 Å². The van der Waals surface area contributed by atoms with Crippen molar-refractivity contribution in [1.29, 1.82) is 0 Å². The van der Waals surface area contributed by atoms with Gasteiger partial charge in [-0.15, -0.1) is 0 Å². The molecule has 0 aliphatic rings. The van der Waals surface area contributed by atoms with Gasteiger partial charge in [0.05, 0.1) is 6.26 Å². The molecule has 0 fully saturated rings. The predicted molar refractivity (Wildman–Crippen MR) is 82.3 cm³/mol. The molecule has 124 valence electrons. The Labute approximate surface area is 138 Å². The van der Waals surface area contributed by atoms with Gasteiger partial charge in [0.1, 0.15) is 12.4 Å². The fourth-order valence-corrected chi connectivity index (χ4v) is 2.05. The number of furan rings is 1. The zero-order chi connectivity index (χ0) is 16.9. The molecule has 2 heterocycles. The van der Waals surface area contributed by atoms with E-state index >= 15 is 0 Å². The van der Waals surface area contributed by atoms with Crippen LogP contribution in [0.5, 0.6) is 5.75 Å². The third-order valence-corrected chi connectivity index (χ3v) is 3.24. The Morgan fingerprint density at radius 2 is 2.04 bits per heavy atom. The van der Waals surface area contributed by atoms with Gasteiger partial charge in [0, 0.05) is 5.56 Å². The van der Waals surface area contributed by atoms with Crippen molar-refractivity contribution < 1.29 is 23.2 Å². The molecule has 7 heteroatoms. The molecule has 0 amide bonds. The number of nitrogens with zero attached hydrogens (tertiary/aromatic N) is 2. The molecule has 7 nitrogen and oxygen atoms in total. The normalized spacial score (nSPS) is 11.9. The topological polar surface area (TPSA) is 87.6 Å². The highest BCUT2D eigenvalue weighted by atomic mass is 16.6. The number of ether oxygens (including phenoxy) is 2. The Balaban J connectivity index is 1.64. The van der Waals surface area contributed by atoms with E-state index in [4.69, 9.17) is 18.4 Å². The lowest BCUT2D eigenvalue weighted by atomic mass is 10.2. The first-order chi connectivity index (χ1) is 11.6. The lowest BCUT2D eigenvalue weighted by Crippen LogP contribution is -2.11. The van der Waals surface area contributed by atoms with Crippen LogP contribution in [-0.2, 0) is 11.3 Å². The fraction of sp³-hybridized carbons (Fsp3) is 0.235. The Kier molecular flexibility index (Phi) is 4.60. The van der Waals surface area contributed by atoms with Crippen molar-refractivity contribution in [3.05, 3.63) is 65.7 Å². The Bertz CT molecular complexity index is 809. The fourth-order valence-electron chi connectivity index (χ4n) is 2.05. The highest BCUT2D eigenvalue weighted by Gasteiger charge is 2.23. The van der Waals surface area contributed by atoms with E-state index in [2.05, 4.69) is 10.1 Å². The van der Waals surface area contributed by atoms with Gasteiger partial charge in [0.2, 0.25) is 5.76 Å². The minimum absolute atomic E-state index is 0.0917. The molecule has 0 aliphatic carbocycles. The number of hydrogen-bond donors (Lipinski definition) is 0. The molecule has 3 rings (SSSR count). The van der Waals surface area contributed by atoms with Crippen LogP contribution in [0.3, 0.4) is 0 Å². The van der Waals surface area contributed by atoms with E-state index in [1.165, 1.54) is 6.26 Å². The van der Waals surface area contributed by atoms with E-state index in [1.807, 2.05) is 30.3 Å². The second kappa shape index (κ2) is 6.99. The zero-order valence-electron chi connectivity index (χ0n) is 13.3. The second-order valence-electron chi connectivity index (χ2n) is 5.10. The standard InChI is InChI=1S/C17H16N2O5/c1-11(16-18-12(2)19-24-16)23-17(20)15-13(8-9-21-15)10-22-14-6-4-3-5-7-14/h3-9,11H,10H2,1-2H3. The van der Waals surface area contributed by atoms with Crippen molar-refractivity contribution in [3.63, 3.8) is 0 Å². The van der Waals surface area contributed by atoms with Crippen LogP contribution in [0.25, 0.3) is 0 Å². The molecule has 0 aliphatic heterocycles. The van der Waals surface area contributed by atoms with Gasteiger partial charge in [-0.05, 0) is 32.0 Å². The maximum Gasteiger partial charge on any atom is 0.375 e. The van der Waals surface area contributed by atoms with Crippen molar-refractivity contribution in [2.24, 2.45) is 0 Å². The summed E-state index contributed by atoms with van der Waals surface area (Å²) in [5.41, 5.74) is 0.595. The van der Waals surface area contributed by atoms with Crippen molar-refractivity contribution in [1.82, 2.24) is 10.1 Å². The number of para-hydroxylation sites is 1. The van der Waals surface area contributed by atoms with E-state index in [-0.39, 0.29) is 18.3 Å². The maximum absolute atomic E-state index is 12.3. The van der Waals surface area contributed by atoms with Gasteiger partial charge in [0.25, 0.3) is 5.89 Å². The van der Waals surface area contributed by atoms with Gasteiger partial charge >= 0.3 is 5.97 Å². The predicted octanol–water partition coefficient (Wildman–Crippen LogP) is 3.47. The van der Waals surface area contributed by atoms with Crippen LogP contribution in [0, 0.1) is 6.92 Å². The van der Waals surface area contributed by atoms with Gasteiger partial charge in [-0.25, -0.2) is 4.79 Å². The van der Waals surface area contributed by atoms with E-state index in [1.54, 1.807) is 19.9 Å².